The van der Waals surface area contributed by atoms with E-state index in [9.17, 15) is 5.11 Å². The standard InChI is InChI=1S/C26H44N2O2/c1-25-14-12-24-22(9-7-20-18-21(29)11-13-26(20,24)2)23(25)10-8-19(25)6-5-15-27-30-17-16-28(3)4/h7,15,19,21-24,29H,5-6,8-14,16-18H2,1-4H3/t19?,21?,22-,23-,24+,25+,26-/m0/s1. The van der Waals surface area contributed by atoms with Crippen molar-refractivity contribution in [3.63, 3.8) is 0 Å². The fraction of sp³-hybridized carbons (Fsp3) is 0.885. The monoisotopic (exact) mass is 416 g/mol. The predicted octanol–water partition coefficient (Wildman–Crippen LogP) is 5.27. The number of aliphatic hydroxyl groups excluding tert-OH is 1. The lowest BCUT2D eigenvalue weighted by Crippen LogP contribution is -2.50. The van der Waals surface area contributed by atoms with Gasteiger partial charge < -0.3 is 14.8 Å². The number of oxime groups is 1. The van der Waals surface area contributed by atoms with Crippen molar-refractivity contribution in [3.8, 4) is 0 Å². The van der Waals surface area contributed by atoms with Crippen LogP contribution in [0.4, 0.5) is 0 Å². The number of rotatable bonds is 7. The van der Waals surface area contributed by atoms with E-state index < -0.39 is 0 Å². The number of nitrogens with zero attached hydrogens (tertiary/aromatic N) is 2. The highest BCUT2D eigenvalue weighted by molar-refractivity contribution is 5.56. The van der Waals surface area contributed by atoms with Crippen LogP contribution < -0.4 is 0 Å². The molecule has 0 amide bonds. The van der Waals surface area contributed by atoms with Crippen molar-refractivity contribution >= 4 is 6.21 Å². The summed E-state index contributed by atoms with van der Waals surface area (Å²) in [6.45, 7) is 6.73. The largest absolute Gasteiger partial charge is 0.395 e. The first kappa shape index (κ1) is 22.3. The molecular weight excluding hydrogens is 372 g/mol. The van der Waals surface area contributed by atoms with Gasteiger partial charge in [-0.25, -0.2) is 0 Å². The van der Waals surface area contributed by atoms with E-state index in [1.54, 1.807) is 5.57 Å². The highest BCUT2D eigenvalue weighted by Gasteiger charge is 2.58. The SMILES string of the molecule is CN(C)CCON=CCCC1CC[C@H]2[C@@H]3CC=C4CC(O)CC[C@]4(C)[C@@H]3CC[C@]12C. The zero-order valence-electron chi connectivity index (χ0n) is 19.8. The maximum Gasteiger partial charge on any atom is 0.129 e. The van der Waals surface area contributed by atoms with Crippen molar-refractivity contribution in [3.05, 3.63) is 11.6 Å². The number of hydrogen-bond donors (Lipinski definition) is 1. The quantitative estimate of drug-likeness (QED) is 0.266. The molecule has 0 aromatic rings. The average molecular weight is 417 g/mol. The molecule has 0 heterocycles. The van der Waals surface area contributed by atoms with Gasteiger partial charge in [-0.05, 0) is 113 Å². The highest BCUT2D eigenvalue weighted by Crippen LogP contribution is 2.66. The molecule has 0 aliphatic heterocycles. The molecule has 4 aliphatic carbocycles. The number of allylic oxidation sites excluding steroid dienone is 1. The topological polar surface area (TPSA) is 45.1 Å². The Kier molecular flexibility index (Phi) is 6.65. The van der Waals surface area contributed by atoms with E-state index in [-0.39, 0.29) is 6.10 Å². The van der Waals surface area contributed by atoms with E-state index in [4.69, 9.17) is 4.84 Å². The van der Waals surface area contributed by atoms with E-state index >= 15 is 0 Å². The minimum atomic E-state index is -0.0980. The van der Waals surface area contributed by atoms with Gasteiger partial charge in [-0.3, -0.25) is 0 Å². The summed E-state index contributed by atoms with van der Waals surface area (Å²) >= 11 is 0. The van der Waals surface area contributed by atoms with Crippen LogP contribution in [0.25, 0.3) is 0 Å². The van der Waals surface area contributed by atoms with E-state index in [0.717, 1.165) is 49.5 Å². The number of likely N-dealkylation sites (N-methyl/N-ethyl adjacent to an activating group) is 1. The van der Waals surface area contributed by atoms with Crippen LogP contribution in [0.15, 0.2) is 16.8 Å². The number of fused-ring (bicyclic) bond motifs is 5. The minimum absolute atomic E-state index is 0.0980. The molecule has 3 fully saturated rings. The Bertz CT molecular complexity index is 659. The van der Waals surface area contributed by atoms with Gasteiger partial charge in [0.05, 0.1) is 6.10 Å². The molecule has 0 saturated heterocycles. The molecule has 7 atom stereocenters. The van der Waals surface area contributed by atoms with Crippen molar-refractivity contribution < 1.29 is 9.94 Å². The van der Waals surface area contributed by atoms with Crippen LogP contribution in [0.2, 0.25) is 0 Å². The highest BCUT2D eigenvalue weighted by atomic mass is 16.6. The predicted molar refractivity (Wildman–Crippen MR) is 123 cm³/mol. The van der Waals surface area contributed by atoms with E-state index in [1.165, 1.54) is 44.9 Å². The van der Waals surface area contributed by atoms with Crippen LogP contribution in [0.1, 0.15) is 78.1 Å². The summed E-state index contributed by atoms with van der Waals surface area (Å²) < 4.78 is 0. The number of aliphatic hydroxyl groups is 1. The first-order chi connectivity index (χ1) is 14.3. The van der Waals surface area contributed by atoms with Crippen molar-refractivity contribution in [2.24, 2.45) is 39.7 Å². The smallest absolute Gasteiger partial charge is 0.129 e. The minimum Gasteiger partial charge on any atom is -0.395 e. The van der Waals surface area contributed by atoms with Crippen molar-refractivity contribution in [1.82, 2.24) is 4.90 Å². The zero-order valence-corrected chi connectivity index (χ0v) is 19.8. The van der Waals surface area contributed by atoms with Gasteiger partial charge in [0.15, 0.2) is 0 Å². The van der Waals surface area contributed by atoms with Gasteiger partial charge in [-0.2, -0.15) is 0 Å². The fourth-order valence-electron chi connectivity index (χ4n) is 7.88. The Labute approximate surface area is 184 Å². The molecule has 0 radical (unpaired) electrons. The number of hydrogen-bond acceptors (Lipinski definition) is 4. The molecule has 4 aliphatic rings. The van der Waals surface area contributed by atoms with Gasteiger partial charge in [0.25, 0.3) is 0 Å². The lowest BCUT2D eigenvalue weighted by atomic mass is 9.47. The zero-order chi connectivity index (χ0) is 21.4. The molecule has 0 bridgehead atoms. The van der Waals surface area contributed by atoms with Gasteiger partial charge >= 0.3 is 0 Å². The molecule has 170 valence electrons. The summed E-state index contributed by atoms with van der Waals surface area (Å²) in [7, 11) is 4.11. The van der Waals surface area contributed by atoms with E-state index in [0.29, 0.717) is 17.4 Å². The van der Waals surface area contributed by atoms with Gasteiger partial charge in [0, 0.05) is 12.8 Å². The van der Waals surface area contributed by atoms with Crippen LogP contribution >= 0.6 is 0 Å². The summed E-state index contributed by atoms with van der Waals surface area (Å²) in [6, 6.07) is 0. The second-order valence-corrected chi connectivity index (χ2v) is 11.5. The van der Waals surface area contributed by atoms with Crippen LogP contribution in [0, 0.1) is 34.5 Å². The Balaban J connectivity index is 1.35. The second kappa shape index (κ2) is 8.94. The lowest BCUT2D eigenvalue weighted by molar-refractivity contribution is -0.0503. The van der Waals surface area contributed by atoms with E-state index in [1.807, 2.05) is 6.21 Å². The Hall–Kier alpha value is -0.870. The summed E-state index contributed by atoms with van der Waals surface area (Å²) in [5, 5.41) is 14.4. The first-order valence-corrected chi connectivity index (χ1v) is 12.5. The van der Waals surface area contributed by atoms with Gasteiger partial charge in [0.2, 0.25) is 0 Å². The summed E-state index contributed by atoms with van der Waals surface area (Å²) in [6.07, 6.45) is 16.7. The molecule has 2 unspecified atom stereocenters. The van der Waals surface area contributed by atoms with Crippen LogP contribution in [0.3, 0.4) is 0 Å². The summed E-state index contributed by atoms with van der Waals surface area (Å²) in [4.78, 5) is 7.50. The maximum atomic E-state index is 10.2. The van der Waals surface area contributed by atoms with Crippen LogP contribution in [-0.4, -0.2) is 49.6 Å². The summed E-state index contributed by atoms with van der Waals surface area (Å²) in [5.41, 5.74) is 2.46. The molecule has 4 heteroatoms. The Morgan fingerprint density at radius 2 is 2.00 bits per heavy atom. The molecule has 4 rings (SSSR count). The molecule has 1 N–H and O–H groups in total. The molecule has 0 spiro atoms. The molecule has 3 saturated carbocycles. The van der Waals surface area contributed by atoms with Gasteiger partial charge in [-0.1, -0.05) is 30.7 Å². The third-order valence-electron chi connectivity index (χ3n) is 9.70. The Morgan fingerprint density at radius 1 is 1.17 bits per heavy atom. The molecular formula is C26H44N2O2. The van der Waals surface area contributed by atoms with Crippen LogP contribution in [0.5, 0.6) is 0 Å². The van der Waals surface area contributed by atoms with Crippen molar-refractivity contribution in [1.29, 1.82) is 0 Å². The molecule has 0 aromatic carbocycles. The third kappa shape index (κ3) is 4.11. The average Bonchev–Trinajstić information content (AvgIpc) is 3.04. The molecule has 0 aromatic heterocycles. The lowest BCUT2D eigenvalue weighted by Gasteiger charge is -2.58. The fourth-order valence-corrected chi connectivity index (χ4v) is 7.88. The first-order valence-electron chi connectivity index (χ1n) is 12.5. The third-order valence-corrected chi connectivity index (χ3v) is 9.70. The van der Waals surface area contributed by atoms with Crippen LogP contribution in [-0.2, 0) is 4.84 Å². The maximum absolute atomic E-state index is 10.2. The van der Waals surface area contributed by atoms with E-state index in [2.05, 4.69) is 44.1 Å². The normalized spacial score (nSPS) is 43.3. The second-order valence-electron chi connectivity index (χ2n) is 11.5. The van der Waals surface area contributed by atoms with Crippen molar-refractivity contribution in [2.45, 2.75) is 84.2 Å². The Morgan fingerprint density at radius 3 is 2.80 bits per heavy atom. The molecule has 4 nitrogen and oxygen atoms in total. The van der Waals surface area contributed by atoms with Gasteiger partial charge in [0.1, 0.15) is 6.61 Å². The van der Waals surface area contributed by atoms with Crippen molar-refractivity contribution in [2.75, 3.05) is 27.2 Å². The molecule has 30 heavy (non-hydrogen) atoms. The van der Waals surface area contributed by atoms with Gasteiger partial charge in [-0.15, -0.1) is 0 Å². The summed E-state index contributed by atoms with van der Waals surface area (Å²) in [5.74, 6) is 3.42.